The number of benzene rings is 1. The van der Waals surface area contributed by atoms with Gasteiger partial charge in [0.1, 0.15) is 0 Å². The predicted molar refractivity (Wildman–Crippen MR) is 60.1 cm³/mol. The van der Waals surface area contributed by atoms with Crippen molar-refractivity contribution in [2.75, 3.05) is 14.2 Å². The largest absolute Gasteiger partial charge is 0.493 e. The zero-order valence-corrected chi connectivity index (χ0v) is 8.99. The molecule has 1 unspecified atom stereocenters. The minimum Gasteiger partial charge on any atom is -0.493 e. The molecule has 15 heavy (non-hydrogen) atoms. The lowest BCUT2D eigenvalue weighted by Gasteiger charge is -2.10. The lowest BCUT2D eigenvalue weighted by molar-refractivity contribution is 0.354. The van der Waals surface area contributed by atoms with Gasteiger partial charge in [-0.1, -0.05) is 12.0 Å². The Kier molecular flexibility index (Phi) is 4.02. The van der Waals surface area contributed by atoms with Crippen LogP contribution in [0.25, 0.3) is 0 Å². The zero-order valence-electron chi connectivity index (χ0n) is 8.99. The van der Waals surface area contributed by atoms with Crippen LogP contribution in [0.15, 0.2) is 18.2 Å². The molecule has 0 bridgehead atoms. The summed E-state index contributed by atoms with van der Waals surface area (Å²) in [4.78, 5) is 0. The molecule has 0 aliphatic heterocycles. The third-order valence-electron chi connectivity index (χ3n) is 2.12. The molecule has 1 aromatic carbocycles. The highest BCUT2D eigenvalue weighted by Crippen LogP contribution is 2.27. The summed E-state index contributed by atoms with van der Waals surface area (Å²) in [6, 6.07) is 5.40. The minimum atomic E-state index is -0.261. The monoisotopic (exact) mass is 205 g/mol. The summed E-state index contributed by atoms with van der Waals surface area (Å²) >= 11 is 0. The molecule has 0 spiro atoms. The topological polar surface area (TPSA) is 44.5 Å². The number of nitrogens with two attached hydrogens (primary N) is 1. The highest BCUT2D eigenvalue weighted by molar-refractivity contribution is 5.43. The Morgan fingerprint density at radius 1 is 1.33 bits per heavy atom. The summed E-state index contributed by atoms with van der Waals surface area (Å²) in [5.41, 5.74) is 6.70. The van der Waals surface area contributed by atoms with Crippen molar-refractivity contribution in [3.8, 4) is 23.8 Å². The summed E-state index contributed by atoms with van der Waals surface area (Å²) in [6.07, 6.45) is 5.85. The molecule has 0 saturated heterocycles. The molecule has 0 aliphatic rings. The molecular weight excluding hydrogens is 190 g/mol. The number of hydrogen-bond acceptors (Lipinski definition) is 3. The van der Waals surface area contributed by atoms with Crippen LogP contribution in [-0.2, 0) is 6.42 Å². The smallest absolute Gasteiger partial charge is 0.160 e. The Labute approximate surface area is 90.2 Å². The third kappa shape index (κ3) is 2.90. The molecule has 3 nitrogen and oxygen atoms in total. The van der Waals surface area contributed by atoms with Gasteiger partial charge in [-0.2, -0.15) is 0 Å². The first-order valence-corrected chi connectivity index (χ1v) is 4.64. The lowest BCUT2D eigenvalue weighted by Crippen LogP contribution is -2.20. The summed E-state index contributed by atoms with van der Waals surface area (Å²) < 4.78 is 10.3. The highest BCUT2D eigenvalue weighted by atomic mass is 16.5. The van der Waals surface area contributed by atoms with Gasteiger partial charge in [-0.05, 0) is 24.1 Å². The minimum absolute atomic E-state index is 0.261. The van der Waals surface area contributed by atoms with E-state index in [1.165, 1.54) is 0 Å². The van der Waals surface area contributed by atoms with Gasteiger partial charge < -0.3 is 15.2 Å². The number of rotatable bonds is 4. The van der Waals surface area contributed by atoms with Crippen molar-refractivity contribution >= 4 is 0 Å². The van der Waals surface area contributed by atoms with Crippen LogP contribution in [0.5, 0.6) is 11.5 Å². The molecule has 2 N–H and O–H groups in total. The van der Waals surface area contributed by atoms with E-state index in [4.69, 9.17) is 21.6 Å². The Bertz CT molecular complexity index is 368. The van der Waals surface area contributed by atoms with Gasteiger partial charge in [-0.25, -0.2) is 0 Å². The number of ether oxygens (including phenoxy) is 2. The van der Waals surface area contributed by atoms with E-state index in [0.29, 0.717) is 17.9 Å². The molecule has 1 aromatic rings. The van der Waals surface area contributed by atoms with E-state index < -0.39 is 0 Å². The van der Waals surface area contributed by atoms with Crippen LogP contribution in [0.3, 0.4) is 0 Å². The lowest BCUT2D eigenvalue weighted by atomic mass is 10.1. The fourth-order valence-electron chi connectivity index (χ4n) is 1.32. The average Bonchev–Trinajstić information content (AvgIpc) is 2.28. The van der Waals surface area contributed by atoms with Crippen molar-refractivity contribution in [1.29, 1.82) is 0 Å². The Morgan fingerprint density at radius 2 is 2.00 bits per heavy atom. The van der Waals surface area contributed by atoms with Gasteiger partial charge in [0.15, 0.2) is 11.5 Å². The summed E-state index contributed by atoms with van der Waals surface area (Å²) in [7, 11) is 3.20. The first-order chi connectivity index (χ1) is 7.21. The second-order valence-electron chi connectivity index (χ2n) is 3.17. The Morgan fingerprint density at radius 3 is 2.53 bits per heavy atom. The summed E-state index contributed by atoms with van der Waals surface area (Å²) in [5, 5.41) is 0. The Balaban J connectivity index is 2.89. The van der Waals surface area contributed by atoms with E-state index in [0.717, 1.165) is 5.56 Å². The summed E-state index contributed by atoms with van der Waals surface area (Å²) in [6.45, 7) is 0. The van der Waals surface area contributed by atoms with E-state index in [2.05, 4.69) is 5.92 Å². The van der Waals surface area contributed by atoms with E-state index >= 15 is 0 Å². The SMILES string of the molecule is C#CC(N)Cc1ccc(OC)c(OC)c1. The van der Waals surface area contributed by atoms with Crippen LogP contribution in [0, 0.1) is 12.3 Å². The van der Waals surface area contributed by atoms with Crippen LogP contribution < -0.4 is 15.2 Å². The molecule has 3 heteroatoms. The van der Waals surface area contributed by atoms with Crippen molar-refractivity contribution in [1.82, 2.24) is 0 Å². The Hall–Kier alpha value is -1.66. The van der Waals surface area contributed by atoms with E-state index in [9.17, 15) is 0 Å². The van der Waals surface area contributed by atoms with Crippen molar-refractivity contribution in [3.05, 3.63) is 23.8 Å². The van der Waals surface area contributed by atoms with Gasteiger partial charge in [0.05, 0.1) is 20.3 Å². The fourth-order valence-corrected chi connectivity index (χ4v) is 1.32. The molecule has 0 aliphatic carbocycles. The maximum atomic E-state index is 5.66. The number of methoxy groups -OCH3 is 2. The molecule has 1 atom stereocenters. The molecule has 1 rings (SSSR count). The van der Waals surface area contributed by atoms with Gasteiger partial charge in [-0.3, -0.25) is 0 Å². The van der Waals surface area contributed by atoms with Gasteiger partial charge in [0.2, 0.25) is 0 Å². The molecule has 80 valence electrons. The predicted octanol–water partition coefficient (Wildman–Crippen LogP) is 1.21. The molecule has 0 aromatic heterocycles. The third-order valence-corrected chi connectivity index (χ3v) is 2.12. The zero-order chi connectivity index (χ0) is 11.3. The molecule has 0 heterocycles. The molecular formula is C12H15NO2. The van der Waals surface area contributed by atoms with E-state index in [1.54, 1.807) is 14.2 Å². The van der Waals surface area contributed by atoms with Crippen molar-refractivity contribution in [2.45, 2.75) is 12.5 Å². The van der Waals surface area contributed by atoms with Crippen molar-refractivity contribution < 1.29 is 9.47 Å². The average molecular weight is 205 g/mol. The second-order valence-corrected chi connectivity index (χ2v) is 3.17. The molecule has 0 radical (unpaired) electrons. The van der Waals surface area contributed by atoms with Gasteiger partial charge >= 0.3 is 0 Å². The maximum Gasteiger partial charge on any atom is 0.160 e. The number of hydrogen-bond donors (Lipinski definition) is 1. The molecule has 0 saturated carbocycles. The van der Waals surface area contributed by atoms with Crippen LogP contribution in [-0.4, -0.2) is 20.3 Å². The quantitative estimate of drug-likeness (QED) is 0.751. The van der Waals surface area contributed by atoms with Gasteiger partial charge in [0.25, 0.3) is 0 Å². The number of terminal acetylenes is 1. The molecule has 0 fully saturated rings. The first kappa shape index (κ1) is 11.4. The van der Waals surface area contributed by atoms with Crippen LogP contribution in [0.2, 0.25) is 0 Å². The van der Waals surface area contributed by atoms with Crippen molar-refractivity contribution in [2.24, 2.45) is 5.73 Å². The van der Waals surface area contributed by atoms with Crippen LogP contribution in [0.1, 0.15) is 5.56 Å². The first-order valence-electron chi connectivity index (χ1n) is 4.64. The van der Waals surface area contributed by atoms with Gasteiger partial charge in [0, 0.05) is 0 Å². The standard InChI is InChI=1S/C12H15NO2/c1-4-10(13)7-9-5-6-11(14-2)12(8-9)15-3/h1,5-6,8,10H,7,13H2,2-3H3. The molecule has 0 amide bonds. The van der Waals surface area contributed by atoms with Gasteiger partial charge in [-0.15, -0.1) is 6.42 Å². The second kappa shape index (κ2) is 5.28. The normalized spacial score (nSPS) is 11.6. The highest BCUT2D eigenvalue weighted by Gasteiger charge is 2.06. The fraction of sp³-hybridized carbons (Fsp3) is 0.333. The summed E-state index contributed by atoms with van der Waals surface area (Å²) in [5.74, 6) is 3.88. The van der Waals surface area contributed by atoms with Crippen LogP contribution in [0.4, 0.5) is 0 Å². The van der Waals surface area contributed by atoms with E-state index in [-0.39, 0.29) is 6.04 Å². The van der Waals surface area contributed by atoms with E-state index in [1.807, 2.05) is 18.2 Å². The van der Waals surface area contributed by atoms with Crippen molar-refractivity contribution in [3.63, 3.8) is 0 Å². The maximum absolute atomic E-state index is 5.66. The van der Waals surface area contributed by atoms with Crippen LogP contribution >= 0.6 is 0 Å².